The summed E-state index contributed by atoms with van der Waals surface area (Å²) in [5, 5.41) is 2.26. The number of para-hydroxylation sites is 2. The minimum absolute atomic E-state index is 0. The van der Waals surface area contributed by atoms with Gasteiger partial charge in [0.25, 0.3) is 0 Å². The SMILES string of the molecule is COCCOCCOCCOCC[n+]1ccc(C=C(C=C2Sc3ccccc3N2C)c2ccc(C(=O)OC)cc2)c2ccccc21.[I-]. The zero-order chi connectivity index (χ0) is 32.1. The minimum Gasteiger partial charge on any atom is -1.00 e. The Morgan fingerprint density at radius 1 is 0.787 bits per heavy atom. The van der Waals surface area contributed by atoms with Crippen LogP contribution in [0.2, 0.25) is 0 Å². The zero-order valence-corrected chi connectivity index (χ0v) is 30.0. The van der Waals surface area contributed by atoms with E-state index in [1.54, 1.807) is 18.9 Å². The van der Waals surface area contributed by atoms with Crippen LogP contribution in [-0.4, -0.2) is 73.5 Å². The van der Waals surface area contributed by atoms with Crippen LogP contribution < -0.4 is 33.4 Å². The Balaban J connectivity index is 0.00000500. The second-order valence-electron chi connectivity index (χ2n) is 10.6. The number of anilines is 1. The molecule has 8 nitrogen and oxygen atoms in total. The van der Waals surface area contributed by atoms with Gasteiger partial charge in [-0.25, -0.2) is 4.79 Å². The van der Waals surface area contributed by atoms with E-state index in [0.717, 1.165) is 39.2 Å². The van der Waals surface area contributed by atoms with Crippen molar-refractivity contribution in [2.75, 3.05) is 72.4 Å². The first kappa shape index (κ1) is 36.6. The molecule has 0 spiro atoms. The zero-order valence-electron chi connectivity index (χ0n) is 27.0. The van der Waals surface area contributed by atoms with E-state index in [9.17, 15) is 4.79 Å². The molecule has 0 amide bonds. The van der Waals surface area contributed by atoms with Crippen molar-refractivity contribution < 1.29 is 57.0 Å². The number of allylic oxidation sites excluding steroid dienone is 2. The summed E-state index contributed by atoms with van der Waals surface area (Å²) in [4.78, 5) is 15.6. The van der Waals surface area contributed by atoms with Gasteiger partial charge in [-0.2, -0.15) is 4.57 Å². The van der Waals surface area contributed by atoms with Crippen LogP contribution in [0.1, 0.15) is 21.5 Å². The standard InChI is InChI=1S/C37H41N2O6S.HI/c1-38-34-10-6-7-11-35(34)46-36(38)27-31(28-12-14-29(15-13-28)37(40)42-3)26-30-16-17-39(33-9-5-4-8-32(30)33)18-19-43-22-23-45-25-24-44-21-20-41-2;/h4-17,26-27H,18-25H2,1-3H3;1H/q+1;/p-1. The first-order valence-corrected chi connectivity index (χ1v) is 16.2. The van der Waals surface area contributed by atoms with E-state index in [0.29, 0.717) is 51.8 Å². The molecule has 0 saturated carbocycles. The summed E-state index contributed by atoms with van der Waals surface area (Å²) >= 11 is 1.75. The second-order valence-corrected chi connectivity index (χ2v) is 11.7. The third-order valence-corrected chi connectivity index (χ3v) is 8.78. The highest BCUT2D eigenvalue weighted by Crippen LogP contribution is 2.45. The van der Waals surface area contributed by atoms with Crippen LogP contribution in [0.4, 0.5) is 5.69 Å². The number of fused-ring (bicyclic) bond motifs is 2. The average molecular weight is 769 g/mol. The van der Waals surface area contributed by atoms with E-state index in [4.69, 9.17) is 23.7 Å². The largest absolute Gasteiger partial charge is 1.00 e. The predicted molar refractivity (Wildman–Crippen MR) is 183 cm³/mol. The molecule has 0 fully saturated rings. The molecule has 10 heteroatoms. The number of carbonyl (C=O) groups excluding carboxylic acids is 1. The van der Waals surface area contributed by atoms with Gasteiger partial charge in [-0.1, -0.05) is 48.2 Å². The van der Waals surface area contributed by atoms with E-state index in [1.807, 2.05) is 24.3 Å². The third-order valence-electron chi connectivity index (χ3n) is 7.61. The van der Waals surface area contributed by atoms with Crippen molar-refractivity contribution in [2.24, 2.45) is 0 Å². The fraction of sp³-hybridized carbons (Fsp3) is 0.297. The van der Waals surface area contributed by atoms with Crippen molar-refractivity contribution in [3.8, 4) is 0 Å². The normalized spacial score (nSPS) is 13.6. The van der Waals surface area contributed by atoms with Crippen molar-refractivity contribution in [3.63, 3.8) is 0 Å². The van der Waals surface area contributed by atoms with Crippen molar-refractivity contribution in [2.45, 2.75) is 11.4 Å². The number of hydrogen-bond acceptors (Lipinski definition) is 8. The molecule has 1 aromatic heterocycles. The van der Waals surface area contributed by atoms with Gasteiger partial charge in [0.2, 0.25) is 5.52 Å². The maximum atomic E-state index is 12.1. The predicted octanol–water partition coefficient (Wildman–Crippen LogP) is 3.24. The summed E-state index contributed by atoms with van der Waals surface area (Å²) in [6.07, 6.45) is 6.55. The van der Waals surface area contributed by atoms with E-state index in [-0.39, 0.29) is 29.9 Å². The maximum Gasteiger partial charge on any atom is 0.337 e. The fourth-order valence-electron chi connectivity index (χ4n) is 5.15. The number of rotatable bonds is 16. The lowest BCUT2D eigenvalue weighted by molar-refractivity contribution is -0.673. The number of aromatic nitrogens is 1. The molecule has 0 bridgehead atoms. The summed E-state index contributed by atoms with van der Waals surface area (Å²) in [6.45, 7) is 4.60. The van der Waals surface area contributed by atoms with Crippen molar-refractivity contribution >= 4 is 46.0 Å². The van der Waals surface area contributed by atoms with Gasteiger partial charge in [-0.15, -0.1) is 0 Å². The highest BCUT2D eigenvalue weighted by molar-refractivity contribution is 8.03. The Morgan fingerprint density at radius 2 is 1.43 bits per heavy atom. The Bertz CT molecular complexity index is 1680. The van der Waals surface area contributed by atoms with Gasteiger partial charge in [0.15, 0.2) is 12.7 Å². The molecule has 248 valence electrons. The van der Waals surface area contributed by atoms with Crippen molar-refractivity contribution in [3.05, 3.63) is 113 Å². The lowest BCUT2D eigenvalue weighted by Gasteiger charge is -2.15. The molecule has 0 unspecified atom stereocenters. The van der Waals surface area contributed by atoms with E-state index < -0.39 is 0 Å². The molecule has 0 N–H and O–H groups in total. The summed E-state index contributed by atoms with van der Waals surface area (Å²) in [6, 6.07) is 26.6. The number of methoxy groups -OCH3 is 2. The summed E-state index contributed by atoms with van der Waals surface area (Å²) in [5.74, 6) is -0.351. The Hall–Kier alpha value is -3.26. The number of nitrogens with zero attached hydrogens (tertiary/aromatic N) is 2. The number of esters is 1. The Morgan fingerprint density at radius 3 is 2.13 bits per heavy atom. The number of thioether (sulfide) groups is 1. The molecule has 4 aromatic rings. The van der Waals surface area contributed by atoms with Gasteiger partial charge in [-0.3, -0.25) is 0 Å². The van der Waals surface area contributed by atoms with Gasteiger partial charge >= 0.3 is 5.97 Å². The molecule has 3 aromatic carbocycles. The molecule has 0 atom stereocenters. The number of hydrogen-bond donors (Lipinski definition) is 0. The molecule has 5 rings (SSSR count). The van der Waals surface area contributed by atoms with Crippen LogP contribution in [0.5, 0.6) is 0 Å². The number of pyridine rings is 1. The molecular weight excluding hydrogens is 727 g/mol. The van der Waals surface area contributed by atoms with Crippen LogP contribution in [0, 0.1) is 0 Å². The number of ether oxygens (including phenoxy) is 5. The van der Waals surface area contributed by atoms with E-state index in [2.05, 4.69) is 89.5 Å². The second kappa shape index (κ2) is 18.9. The molecule has 2 heterocycles. The molecule has 0 radical (unpaired) electrons. The first-order valence-electron chi connectivity index (χ1n) is 15.3. The van der Waals surface area contributed by atoms with Crippen LogP contribution in [0.15, 0.2) is 101 Å². The quantitative estimate of drug-likeness (QED) is 0.0746. The van der Waals surface area contributed by atoms with Crippen LogP contribution in [-0.2, 0) is 30.2 Å². The maximum absolute atomic E-state index is 12.1. The van der Waals surface area contributed by atoms with Gasteiger partial charge in [0.1, 0.15) is 6.61 Å². The van der Waals surface area contributed by atoms with Crippen LogP contribution >= 0.6 is 11.8 Å². The Labute approximate surface area is 298 Å². The Kier molecular flexibility index (Phi) is 14.7. The molecule has 1 aliphatic heterocycles. The number of benzene rings is 3. The van der Waals surface area contributed by atoms with E-state index >= 15 is 0 Å². The molecule has 0 aliphatic carbocycles. The van der Waals surface area contributed by atoms with Crippen molar-refractivity contribution in [1.29, 1.82) is 0 Å². The number of halogens is 1. The summed E-state index contributed by atoms with van der Waals surface area (Å²) in [5.41, 5.74) is 5.96. The van der Waals surface area contributed by atoms with Gasteiger partial charge in [0, 0.05) is 31.2 Å². The van der Waals surface area contributed by atoms with Gasteiger partial charge < -0.3 is 52.6 Å². The highest BCUT2D eigenvalue weighted by Gasteiger charge is 2.22. The van der Waals surface area contributed by atoms with Gasteiger partial charge in [-0.05, 0) is 59.2 Å². The first-order chi connectivity index (χ1) is 22.6. The minimum atomic E-state index is -0.351. The molecular formula is C37H41IN2O6S. The van der Waals surface area contributed by atoms with Crippen LogP contribution in [0.25, 0.3) is 22.6 Å². The smallest absolute Gasteiger partial charge is 0.337 e. The lowest BCUT2D eigenvalue weighted by Crippen LogP contribution is -3.00. The van der Waals surface area contributed by atoms with Crippen molar-refractivity contribution in [1.82, 2.24) is 0 Å². The summed E-state index contributed by atoms with van der Waals surface area (Å²) < 4.78 is 29.0. The molecule has 47 heavy (non-hydrogen) atoms. The van der Waals surface area contributed by atoms with Gasteiger partial charge in [0.05, 0.1) is 68.4 Å². The average Bonchev–Trinajstić information content (AvgIpc) is 3.41. The molecule has 1 aliphatic rings. The highest BCUT2D eigenvalue weighted by atomic mass is 127. The molecule has 0 saturated heterocycles. The monoisotopic (exact) mass is 768 g/mol. The third kappa shape index (κ3) is 9.88. The topological polar surface area (TPSA) is 70.3 Å². The summed E-state index contributed by atoms with van der Waals surface area (Å²) in [7, 11) is 5.15. The van der Waals surface area contributed by atoms with E-state index in [1.165, 1.54) is 17.7 Å². The lowest BCUT2D eigenvalue weighted by atomic mass is 9.99. The van der Waals surface area contributed by atoms with Crippen LogP contribution in [0.3, 0.4) is 0 Å². The number of carbonyl (C=O) groups is 1. The fourth-order valence-corrected chi connectivity index (χ4v) is 6.25.